The first kappa shape index (κ1) is 18.3. The number of hydrogen-bond donors (Lipinski definition) is 1. The van der Waals surface area contributed by atoms with Gasteiger partial charge in [0.25, 0.3) is 0 Å². The maximum Gasteiger partial charge on any atom is 0.224 e. The third-order valence-corrected chi connectivity index (χ3v) is 5.40. The Morgan fingerprint density at radius 1 is 0.964 bits per heavy atom. The van der Waals surface area contributed by atoms with E-state index >= 15 is 0 Å². The van der Waals surface area contributed by atoms with Crippen LogP contribution in [0.5, 0.6) is 0 Å². The van der Waals surface area contributed by atoms with Crippen LogP contribution in [0.4, 0.5) is 5.69 Å². The molecule has 0 atom stereocenters. The molecule has 0 aliphatic heterocycles. The average molecular weight is 388 g/mol. The molecule has 3 aromatic carbocycles. The molecule has 0 bridgehead atoms. The van der Waals surface area contributed by atoms with Crippen molar-refractivity contribution in [3.05, 3.63) is 84.7 Å². The van der Waals surface area contributed by atoms with Gasteiger partial charge in [0.05, 0.1) is 16.7 Å². The molecule has 0 saturated heterocycles. The van der Waals surface area contributed by atoms with Crippen molar-refractivity contribution in [1.29, 1.82) is 0 Å². The predicted octanol–water partition coefficient (Wildman–Crippen LogP) is 5.32. The first-order chi connectivity index (χ1) is 13.8. The molecule has 0 unspecified atom stereocenters. The molecule has 1 N–H and O–H groups in total. The fourth-order valence-electron chi connectivity index (χ4n) is 3.29. The zero-order chi connectivity index (χ0) is 19.3. The molecular weight excluding hydrogens is 366 g/mol. The highest BCUT2D eigenvalue weighted by atomic mass is 32.2. The molecule has 28 heavy (non-hydrogen) atoms. The monoisotopic (exact) mass is 387 g/mol. The number of para-hydroxylation sites is 4. The van der Waals surface area contributed by atoms with Crippen molar-refractivity contribution in [2.24, 2.45) is 0 Å². The SMILES string of the molecule is CSc1ccccc1NC(=O)CCc1nc2ccccc2n1-c1ccccc1. The van der Waals surface area contributed by atoms with Crippen LogP contribution in [0.2, 0.25) is 0 Å². The van der Waals surface area contributed by atoms with Crippen LogP contribution in [0.1, 0.15) is 12.2 Å². The summed E-state index contributed by atoms with van der Waals surface area (Å²) < 4.78 is 2.14. The molecule has 0 spiro atoms. The molecule has 4 aromatic rings. The second-order valence-electron chi connectivity index (χ2n) is 6.44. The van der Waals surface area contributed by atoms with E-state index in [4.69, 9.17) is 4.98 Å². The van der Waals surface area contributed by atoms with Gasteiger partial charge in [-0.25, -0.2) is 4.98 Å². The maximum absolute atomic E-state index is 12.6. The van der Waals surface area contributed by atoms with E-state index in [9.17, 15) is 4.79 Å². The summed E-state index contributed by atoms with van der Waals surface area (Å²) in [7, 11) is 0. The molecule has 140 valence electrons. The number of aryl methyl sites for hydroxylation is 1. The van der Waals surface area contributed by atoms with Crippen molar-refractivity contribution >= 4 is 34.4 Å². The maximum atomic E-state index is 12.6. The van der Waals surface area contributed by atoms with Crippen molar-refractivity contribution in [1.82, 2.24) is 9.55 Å². The predicted molar refractivity (Wildman–Crippen MR) is 116 cm³/mol. The molecule has 0 radical (unpaired) electrons. The van der Waals surface area contributed by atoms with Gasteiger partial charge in [0.15, 0.2) is 0 Å². The lowest BCUT2D eigenvalue weighted by Gasteiger charge is -2.11. The van der Waals surface area contributed by atoms with Crippen molar-refractivity contribution in [3.63, 3.8) is 0 Å². The Morgan fingerprint density at radius 3 is 2.50 bits per heavy atom. The Bertz CT molecular complexity index is 1110. The van der Waals surface area contributed by atoms with Crippen molar-refractivity contribution < 1.29 is 4.79 Å². The van der Waals surface area contributed by atoms with Gasteiger partial charge in [0, 0.05) is 23.4 Å². The van der Waals surface area contributed by atoms with Gasteiger partial charge in [-0.2, -0.15) is 0 Å². The normalized spacial score (nSPS) is 10.9. The van der Waals surface area contributed by atoms with E-state index in [1.54, 1.807) is 11.8 Å². The van der Waals surface area contributed by atoms with Gasteiger partial charge in [-0.05, 0) is 42.7 Å². The van der Waals surface area contributed by atoms with E-state index in [2.05, 4.69) is 28.1 Å². The summed E-state index contributed by atoms with van der Waals surface area (Å²) in [6.07, 6.45) is 2.95. The highest BCUT2D eigenvalue weighted by Crippen LogP contribution is 2.25. The fraction of sp³-hybridized carbons (Fsp3) is 0.130. The van der Waals surface area contributed by atoms with E-state index in [1.165, 1.54) is 0 Å². The molecule has 1 amide bonds. The summed E-state index contributed by atoms with van der Waals surface area (Å²) in [4.78, 5) is 18.4. The van der Waals surface area contributed by atoms with Crippen molar-refractivity contribution in [2.45, 2.75) is 17.7 Å². The minimum absolute atomic E-state index is 0.00633. The Kier molecular flexibility index (Phi) is 5.44. The molecule has 0 aliphatic carbocycles. The van der Waals surface area contributed by atoms with Crippen LogP contribution >= 0.6 is 11.8 Å². The van der Waals surface area contributed by atoms with Crippen LogP contribution in [-0.4, -0.2) is 21.7 Å². The number of thioether (sulfide) groups is 1. The van der Waals surface area contributed by atoms with Gasteiger partial charge in [-0.15, -0.1) is 11.8 Å². The third kappa shape index (κ3) is 3.80. The zero-order valence-electron chi connectivity index (χ0n) is 15.6. The number of aromatic nitrogens is 2. The lowest BCUT2D eigenvalue weighted by Crippen LogP contribution is -2.14. The lowest BCUT2D eigenvalue weighted by atomic mass is 10.2. The number of rotatable bonds is 6. The average Bonchev–Trinajstić information content (AvgIpc) is 3.12. The number of fused-ring (bicyclic) bond motifs is 1. The summed E-state index contributed by atoms with van der Waals surface area (Å²) in [5.41, 5.74) is 3.90. The van der Waals surface area contributed by atoms with Crippen LogP contribution < -0.4 is 5.32 Å². The molecule has 4 nitrogen and oxygen atoms in total. The zero-order valence-corrected chi connectivity index (χ0v) is 16.4. The number of nitrogens with one attached hydrogen (secondary N) is 1. The number of amides is 1. The van der Waals surface area contributed by atoms with Gasteiger partial charge in [0.2, 0.25) is 5.91 Å². The smallest absolute Gasteiger partial charge is 0.224 e. The molecule has 0 fully saturated rings. The number of carbonyl (C=O) groups excluding carboxylic acids is 1. The summed E-state index contributed by atoms with van der Waals surface area (Å²) in [5.74, 6) is 0.883. The minimum atomic E-state index is -0.00633. The molecule has 5 heteroatoms. The van der Waals surface area contributed by atoms with Gasteiger partial charge in [0.1, 0.15) is 5.82 Å². The first-order valence-corrected chi connectivity index (χ1v) is 10.4. The summed E-state index contributed by atoms with van der Waals surface area (Å²) in [6.45, 7) is 0. The first-order valence-electron chi connectivity index (χ1n) is 9.21. The summed E-state index contributed by atoms with van der Waals surface area (Å²) in [6, 6.07) is 26.1. The van der Waals surface area contributed by atoms with E-state index in [-0.39, 0.29) is 5.91 Å². The standard InChI is InChI=1S/C23H21N3OS/c1-28-21-14-8-6-12-19(21)25-23(27)16-15-22-24-18-11-5-7-13-20(18)26(22)17-9-3-2-4-10-17/h2-14H,15-16H2,1H3,(H,25,27). The molecular formula is C23H21N3OS. The van der Waals surface area contributed by atoms with Crippen LogP contribution in [0.15, 0.2) is 83.8 Å². The number of nitrogens with zero attached hydrogens (tertiary/aromatic N) is 2. The van der Waals surface area contributed by atoms with Crippen LogP contribution in [0.3, 0.4) is 0 Å². The summed E-state index contributed by atoms with van der Waals surface area (Å²) >= 11 is 1.62. The number of hydrogen-bond acceptors (Lipinski definition) is 3. The highest BCUT2D eigenvalue weighted by Gasteiger charge is 2.14. The van der Waals surface area contributed by atoms with Crippen LogP contribution in [0.25, 0.3) is 16.7 Å². The number of imidazole rings is 1. The fourth-order valence-corrected chi connectivity index (χ4v) is 3.85. The third-order valence-electron chi connectivity index (χ3n) is 4.60. The Morgan fingerprint density at radius 2 is 1.68 bits per heavy atom. The van der Waals surface area contributed by atoms with Gasteiger partial charge in [-0.3, -0.25) is 9.36 Å². The van der Waals surface area contributed by atoms with Gasteiger partial charge in [-0.1, -0.05) is 42.5 Å². The lowest BCUT2D eigenvalue weighted by molar-refractivity contribution is -0.116. The Balaban J connectivity index is 1.57. The van der Waals surface area contributed by atoms with Gasteiger partial charge >= 0.3 is 0 Å². The number of benzene rings is 3. The summed E-state index contributed by atoms with van der Waals surface area (Å²) in [5, 5.41) is 3.03. The molecule has 4 rings (SSSR count). The Labute approximate surface area is 168 Å². The number of carbonyl (C=O) groups is 1. The molecule has 1 aromatic heterocycles. The van der Waals surface area contributed by atoms with Crippen molar-refractivity contribution in [3.8, 4) is 5.69 Å². The molecule has 0 aliphatic rings. The van der Waals surface area contributed by atoms with Crippen molar-refractivity contribution in [2.75, 3.05) is 11.6 Å². The topological polar surface area (TPSA) is 46.9 Å². The molecule has 1 heterocycles. The quantitative estimate of drug-likeness (QED) is 0.456. The van der Waals surface area contributed by atoms with Crippen LogP contribution in [0, 0.1) is 0 Å². The second-order valence-corrected chi connectivity index (χ2v) is 7.28. The largest absolute Gasteiger partial charge is 0.325 e. The minimum Gasteiger partial charge on any atom is -0.325 e. The highest BCUT2D eigenvalue weighted by molar-refractivity contribution is 7.98. The Hall–Kier alpha value is -3.05. The van der Waals surface area contributed by atoms with E-state index in [0.717, 1.165) is 33.1 Å². The van der Waals surface area contributed by atoms with E-state index in [0.29, 0.717) is 12.8 Å². The van der Waals surface area contributed by atoms with E-state index < -0.39 is 0 Å². The number of anilines is 1. The van der Waals surface area contributed by atoms with Crippen LogP contribution in [-0.2, 0) is 11.2 Å². The molecule has 0 saturated carbocycles. The van der Waals surface area contributed by atoms with Gasteiger partial charge < -0.3 is 5.32 Å². The van der Waals surface area contributed by atoms with E-state index in [1.807, 2.05) is 66.9 Å². The second kappa shape index (κ2) is 8.31.